The number of halogens is 2. The molecule has 0 bridgehead atoms. The lowest BCUT2D eigenvalue weighted by Gasteiger charge is -2.33. The Labute approximate surface area is 106 Å². The maximum Gasteiger partial charge on any atom is 0.0166 e. The summed E-state index contributed by atoms with van der Waals surface area (Å²) >= 11 is 0. The van der Waals surface area contributed by atoms with Gasteiger partial charge in [-0.2, -0.15) is 0 Å². The molecule has 90 valence electrons. The third-order valence-electron chi connectivity index (χ3n) is 2.55. The van der Waals surface area contributed by atoms with E-state index in [0.717, 1.165) is 32.2 Å². The highest BCUT2D eigenvalue weighted by atomic mass is 35.5. The van der Waals surface area contributed by atoms with Crippen molar-refractivity contribution in [1.82, 2.24) is 10.2 Å². The predicted molar refractivity (Wildman–Crippen MR) is 72.4 cm³/mol. The number of hydrogen-bond acceptors (Lipinski definition) is 2. The van der Waals surface area contributed by atoms with Crippen LogP contribution in [0, 0.1) is 0 Å². The van der Waals surface area contributed by atoms with Crippen LogP contribution in [-0.4, -0.2) is 37.1 Å². The Hall–Kier alpha value is -0.0200. The first-order chi connectivity index (χ1) is 6.38. The van der Waals surface area contributed by atoms with Gasteiger partial charge in [-0.3, -0.25) is 4.90 Å². The molecule has 1 fully saturated rings. The van der Waals surface area contributed by atoms with Gasteiger partial charge in [-0.05, 0) is 25.9 Å². The second kappa shape index (κ2) is 10.5. The predicted octanol–water partition coefficient (Wildman–Crippen LogP) is 2.26. The monoisotopic (exact) mass is 252 g/mol. The molecule has 0 radical (unpaired) electrons. The van der Waals surface area contributed by atoms with Crippen molar-refractivity contribution in [3.63, 3.8) is 0 Å². The maximum absolute atomic E-state index is 3.79. The molecule has 1 rings (SSSR count). The van der Waals surface area contributed by atoms with E-state index in [2.05, 4.69) is 23.4 Å². The normalized spacial score (nSPS) is 16.3. The molecule has 1 saturated heterocycles. The van der Waals surface area contributed by atoms with Crippen LogP contribution in [0.1, 0.15) is 12.8 Å². The lowest BCUT2D eigenvalue weighted by atomic mass is 10.0. The van der Waals surface area contributed by atoms with Gasteiger partial charge in [0.15, 0.2) is 0 Å². The lowest BCUT2D eigenvalue weighted by molar-refractivity contribution is 0.197. The fourth-order valence-corrected chi connectivity index (χ4v) is 1.88. The van der Waals surface area contributed by atoms with E-state index in [-0.39, 0.29) is 24.8 Å². The van der Waals surface area contributed by atoms with Crippen molar-refractivity contribution in [2.75, 3.05) is 26.2 Å². The van der Waals surface area contributed by atoms with E-state index in [0.29, 0.717) is 0 Å². The minimum atomic E-state index is 0. The van der Waals surface area contributed by atoms with Gasteiger partial charge in [0, 0.05) is 19.1 Å². The van der Waals surface area contributed by atoms with Crippen LogP contribution in [0.5, 0.6) is 0 Å². The quantitative estimate of drug-likeness (QED) is 0.756. The van der Waals surface area contributed by atoms with E-state index >= 15 is 0 Å². The highest BCUT2D eigenvalue weighted by molar-refractivity contribution is 5.85. The zero-order valence-corrected chi connectivity index (χ0v) is 10.8. The van der Waals surface area contributed by atoms with Crippen molar-refractivity contribution < 1.29 is 0 Å². The van der Waals surface area contributed by atoms with Crippen LogP contribution in [0.4, 0.5) is 0 Å². The zero-order chi connectivity index (χ0) is 9.52. The van der Waals surface area contributed by atoms with E-state index in [1.807, 2.05) is 12.2 Å². The molecule has 15 heavy (non-hydrogen) atoms. The first-order valence-corrected chi connectivity index (χ1v) is 5.05. The van der Waals surface area contributed by atoms with Crippen molar-refractivity contribution in [2.45, 2.75) is 18.9 Å². The van der Waals surface area contributed by atoms with Crippen molar-refractivity contribution in [3.05, 3.63) is 25.3 Å². The maximum atomic E-state index is 3.79. The van der Waals surface area contributed by atoms with Gasteiger partial charge in [0.05, 0.1) is 0 Å². The van der Waals surface area contributed by atoms with E-state index in [9.17, 15) is 0 Å². The lowest BCUT2D eigenvalue weighted by Crippen LogP contribution is -2.43. The molecule has 0 aromatic heterocycles. The van der Waals surface area contributed by atoms with Crippen LogP contribution >= 0.6 is 24.8 Å². The minimum Gasteiger partial charge on any atom is -0.317 e. The number of hydrogen-bond donors (Lipinski definition) is 1. The molecule has 0 aromatic carbocycles. The van der Waals surface area contributed by atoms with Gasteiger partial charge in [0.2, 0.25) is 0 Å². The second-order valence-electron chi connectivity index (χ2n) is 3.51. The third-order valence-corrected chi connectivity index (χ3v) is 2.55. The summed E-state index contributed by atoms with van der Waals surface area (Å²) in [6.07, 6.45) is 6.46. The van der Waals surface area contributed by atoms with Crippen LogP contribution in [0.2, 0.25) is 0 Å². The summed E-state index contributed by atoms with van der Waals surface area (Å²) in [6.45, 7) is 11.8. The fourth-order valence-electron chi connectivity index (χ4n) is 1.88. The van der Waals surface area contributed by atoms with Gasteiger partial charge in [-0.15, -0.1) is 38.0 Å². The molecular formula is C11H22Cl2N2. The summed E-state index contributed by atoms with van der Waals surface area (Å²) in [6, 6.07) is 0.720. The molecule has 1 heterocycles. The largest absolute Gasteiger partial charge is 0.317 e. The minimum absolute atomic E-state index is 0. The van der Waals surface area contributed by atoms with Crippen molar-refractivity contribution >= 4 is 24.8 Å². The third kappa shape index (κ3) is 6.21. The number of piperidine rings is 1. The Bertz CT molecular complexity index is 158. The summed E-state index contributed by atoms with van der Waals surface area (Å²) in [5.74, 6) is 0. The zero-order valence-electron chi connectivity index (χ0n) is 9.15. The topological polar surface area (TPSA) is 15.3 Å². The summed E-state index contributed by atoms with van der Waals surface area (Å²) in [5, 5.41) is 3.38. The molecule has 4 heteroatoms. The van der Waals surface area contributed by atoms with Crippen molar-refractivity contribution in [2.24, 2.45) is 0 Å². The van der Waals surface area contributed by atoms with Gasteiger partial charge in [0.1, 0.15) is 0 Å². The molecule has 0 aromatic rings. The Morgan fingerprint density at radius 2 is 1.53 bits per heavy atom. The molecule has 0 unspecified atom stereocenters. The highest BCUT2D eigenvalue weighted by Crippen LogP contribution is 2.11. The number of nitrogens with zero attached hydrogens (tertiary/aromatic N) is 1. The molecule has 1 aliphatic rings. The molecule has 0 atom stereocenters. The van der Waals surface area contributed by atoms with Crippen LogP contribution < -0.4 is 5.32 Å². The molecular weight excluding hydrogens is 231 g/mol. The summed E-state index contributed by atoms with van der Waals surface area (Å²) in [4.78, 5) is 2.45. The summed E-state index contributed by atoms with van der Waals surface area (Å²) in [5.41, 5.74) is 0. The van der Waals surface area contributed by atoms with Crippen molar-refractivity contribution in [3.8, 4) is 0 Å². The van der Waals surface area contributed by atoms with Gasteiger partial charge in [-0.25, -0.2) is 0 Å². The van der Waals surface area contributed by atoms with E-state index in [1.165, 1.54) is 12.8 Å². The van der Waals surface area contributed by atoms with Gasteiger partial charge >= 0.3 is 0 Å². The molecule has 1 N–H and O–H groups in total. The van der Waals surface area contributed by atoms with Gasteiger partial charge < -0.3 is 5.32 Å². The van der Waals surface area contributed by atoms with Crippen LogP contribution in [0.3, 0.4) is 0 Å². The Morgan fingerprint density at radius 3 is 1.93 bits per heavy atom. The molecule has 0 amide bonds. The van der Waals surface area contributed by atoms with Crippen LogP contribution in [0.15, 0.2) is 25.3 Å². The van der Waals surface area contributed by atoms with Crippen LogP contribution in [-0.2, 0) is 0 Å². The first kappa shape index (κ1) is 17.4. The Balaban J connectivity index is 0. The Morgan fingerprint density at radius 1 is 1.07 bits per heavy atom. The standard InChI is InChI=1S/C11H20N2.2ClH/c1-3-9-13(10-4-2)11-5-7-12-8-6-11;;/h3-4,11-12H,1-2,5-10H2;2*1H. The summed E-state index contributed by atoms with van der Waals surface area (Å²) < 4.78 is 0. The molecule has 0 aliphatic carbocycles. The number of nitrogens with one attached hydrogen (secondary N) is 1. The molecule has 1 aliphatic heterocycles. The molecule has 0 spiro atoms. The number of rotatable bonds is 5. The van der Waals surface area contributed by atoms with Gasteiger partial charge in [-0.1, -0.05) is 12.2 Å². The summed E-state index contributed by atoms with van der Waals surface area (Å²) in [7, 11) is 0. The molecule has 2 nitrogen and oxygen atoms in total. The smallest absolute Gasteiger partial charge is 0.0166 e. The first-order valence-electron chi connectivity index (χ1n) is 5.05. The second-order valence-corrected chi connectivity index (χ2v) is 3.51. The van der Waals surface area contributed by atoms with Crippen molar-refractivity contribution in [1.29, 1.82) is 0 Å². The van der Waals surface area contributed by atoms with E-state index < -0.39 is 0 Å². The average Bonchev–Trinajstić information content (AvgIpc) is 2.19. The molecule has 0 saturated carbocycles. The SMILES string of the molecule is C=CCN(CC=C)C1CCNCC1.Cl.Cl. The Kier molecular flexibility index (Phi) is 12.2. The van der Waals surface area contributed by atoms with Gasteiger partial charge in [0.25, 0.3) is 0 Å². The fraction of sp³-hybridized carbons (Fsp3) is 0.636. The van der Waals surface area contributed by atoms with E-state index in [4.69, 9.17) is 0 Å². The average molecular weight is 253 g/mol. The highest BCUT2D eigenvalue weighted by Gasteiger charge is 2.18. The van der Waals surface area contributed by atoms with Crippen LogP contribution in [0.25, 0.3) is 0 Å². The van der Waals surface area contributed by atoms with E-state index in [1.54, 1.807) is 0 Å².